The number of Topliss-reactive ketones (excluding diaryl/α,β-unsaturated/α-hetero) is 1. The Labute approximate surface area is 107 Å². The number of halogens is 3. The minimum atomic E-state index is -4.38. The number of hydrogen-bond donors (Lipinski definition) is 0. The number of imidazole rings is 1. The first-order valence-electron chi connectivity index (χ1n) is 5.58. The van der Waals surface area contributed by atoms with Gasteiger partial charge in [0.2, 0.25) is 12.1 Å². The molecule has 0 fully saturated rings. The van der Waals surface area contributed by atoms with Crippen molar-refractivity contribution in [3.8, 4) is 0 Å². The molecule has 0 aliphatic heterocycles. The minimum Gasteiger partial charge on any atom is -0.290 e. The Morgan fingerprint density at radius 2 is 1.89 bits per heavy atom. The number of aromatic nitrogens is 2. The third-order valence-corrected chi connectivity index (χ3v) is 2.68. The lowest BCUT2D eigenvalue weighted by molar-refractivity contribution is -0.671. The van der Waals surface area contributed by atoms with Crippen molar-refractivity contribution in [3.63, 3.8) is 0 Å². The molecular formula is C13H12F3N2O+. The number of hydrogen-bond acceptors (Lipinski definition) is 1. The predicted molar refractivity (Wildman–Crippen MR) is 61.4 cm³/mol. The molecule has 1 heterocycles. The van der Waals surface area contributed by atoms with Crippen LogP contribution in [0.3, 0.4) is 0 Å². The van der Waals surface area contributed by atoms with Gasteiger partial charge in [0.1, 0.15) is 12.4 Å². The Bertz CT molecular complexity index is 585. The average molecular weight is 269 g/mol. The Morgan fingerprint density at radius 1 is 1.26 bits per heavy atom. The van der Waals surface area contributed by atoms with Gasteiger partial charge in [0.15, 0.2) is 6.54 Å². The highest BCUT2D eigenvalue weighted by atomic mass is 19.4. The predicted octanol–water partition coefficient (Wildman–Crippen LogP) is 2.21. The number of alkyl halides is 3. The van der Waals surface area contributed by atoms with Crippen molar-refractivity contribution in [3.05, 3.63) is 54.1 Å². The number of rotatable bonds is 3. The van der Waals surface area contributed by atoms with Crippen LogP contribution in [0, 0.1) is 0 Å². The van der Waals surface area contributed by atoms with Gasteiger partial charge >= 0.3 is 6.18 Å². The van der Waals surface area contributed by atoms with E-state index >= 15 is 0 Å². The molecule has 3 nitrogen and oxygen atoms in total. The molecule has 19 heavy (non-hydrogen) atoms. The molecule has 2 aromatic rings. The maximum Gasteiger partial charge on any atom is 0.416 e. The fraction of sp³-hybridized carbons (Fsp3) is 0.231. The van der Waals surface area contributed by atoms with E-state index in [9.17, 15) is 18.0 Å². The van der Waals surface area contributed by atoms with Crippen LogP contribution >= 0.6 is 0 Å². The van der Waals surface area contributed by atoms with Crippen molar-refractivity contribution >= 4 is 5.78 Å². The van der Waals surface area contributed by atoms with E-state index in [0.29, 0.717) is 0 Å². The second-order valence-electron chi connectivity index (χ2n) is 4.25. The van der Waals surface area contributed by atoms with Crippen LogP contribution in [-0.4, -0.2) is 10.4 Å². The quantitative estimate of drug-likeness (QED) is 0.619. The second-order valence-corrected chi connectivity index (χ2v) is 4.25. The van der Waals surface area contributed by atoms with E-state index in [1.807, 2.05) is 7.05 Å². The highest BCUT2D eigenvalue weighted by molar-refractivity contribution is 5.95. The zero-order chi connectivity index (χ0) is 14.0. The van der Waals surface area contributed by atoms with Gasteiger partial charge in [0.25, 0.3) is 0 Å². The standard InChI is InChI=1S/C13H12F3N2O/c1-17-6-7-18(9-17)8-12(19)10-2-4-11(5-3-10)13(14,15)16/h2-7,9H,8H2,1H3/q+1. The topological polar surface area (TPSA) is 25.9 Å². The molecular weight excluding hydrogens is 257 g/mol. The van der Waals surface area contributed by atoms with Crippen LogP contribution < -0.4 is 4.57 Å². The largest absolute Gasteiger partial charge is 0.416 e. The molecule has 2 rings (SSSR count). The van der Waals surface area contributed by atoms with Crippen LogP contribution in [-0.2, 0) is 19.8 Å². The summed E-state index contributed by atoms with van der Waals surface area (Å²) in [5, 5.41) is 0. The summed E-state index contributed by atoms with van der Waals surface area (Å²) in [6.07, 6.45) is 0.847. The Balaban J connectivity index is 2.12. The fourth-order valence-corrected chi connectivity index (χ4v) is 1.70. The summed E-state index contributed by atoms with van der Waals surface area (Å²) in [5.41, 5.74) is -0.485. The monoisotopic (exact) mass is 269 g/mol. The third kappa shape index (κ3) is 3.21. The number of benzene rings is 1. The molecule has 0 aliphatic rings. The first kappa shape index (κ1) is 13.3. The normalized spacial score (nSPS) is 11.6. The highest BCUT2D eigenvalue weighted by Crippen LogP contribution is 2.29. The first-order valence-corrected chi connectivity index (χ1v) is 5.58. The van der Waals surface area contributed by atoms with Gasteiger partial charge in [-0.15, -0.1) is 0 Å². The average Bonchev–Trinajstić information content (AvgIpc) is 2.74. The summed E-state index contributed by atoms with van der Waals surface area (Å²) in [4.78, 5) is 11.9. The molecule has 0 atom stereocenters. The second kappa shape index (κ2) is 4.87. The first-order chi connectivity index (χ1) is 8.86. The SMILES string of the molecule is C[n+]1ccn(CC(=O)c2ccc(C(F)(F)F)cc2)c1. The van der Waals surface area contributed by atoms with E-state index in [2.05, 4.69) is 0 Å². The minimum absolute atomic E-state index is 0.103. The third-order valence-electron chi connectivity index (χ3n) is 2.68. The van der Waals surface area contributed by atoms with Gasteiger partial charge in [-0.3, -0.25) is 4.79 Å². The van der Waals surface area contributed by atoms with Gasteiger partial charge in [0, 0.05) is 5.56 Å². The van der Waals surface area contributed by atoms with Gasteiger partial charge in [-0.1, -0.05) is 12.1 Å². The van der Waals surface area contributed by atoms with Gasteiger partial charge in [-0.05, 0) is 12.1 Å². The lowest BCUT2D eigenvalue weighted by atomic mass is 10.1. The van der Waals surface area contributed by atoms with Crippen LogP contribution in [0.25, 0.3) is 0 Å². The molecule has 0 unspecified atom stereocenters. The van der Waals surface area contributed by atoms with E-state index in [1.54, 1.807) is 27.9 Å². The fourth-order valence-electron chi connectivity index (χ4n) is 1.70. The Kier molecular flexibility index (Phi) is 3.42. The highest BCUT2D eigenvalue weighted by Gasteiger charge is 2.30. The number of nitrogens with zero attached hydrogens (tertiary/aromatic N) is 2. The van der Waals surface area contributed by atoms with Gasteiger partial charge < -0.3 is 0 Å². The maximum atomic E-state index is 12.4. The number of carbonyl (C=O) groups is 1. The van der Waals surface area contributed by atoms with Crippen molar-refractivity contribution in [2.75, 3.05) is 0 Å². The van der Waals surface area contributed by atoms with Crippen molar-refractivity contribution < 1.29 is 22.5 Å². The molecule has 0 bridgehead atoms. The summed E-state index contributed by atoms with van der Waals surface area (Å²) in [6, 6.07) is 4.25. The van der Waals surface area contributed by atoms with E-state index < -0.39 is 11.7 Å². The van der Waals surface area contributed by atoms with Crippen molar-refractivity contribution in [1.29, 1.82) is 0 Å². The molecule has 0 saturated heterocycles. The lowest BCUT2D eigenvalue weighted by Gasteiger charge is -2.06. The molecule has 6 heteroatoms. The summed E-state index contributed by atoms with van der Waals surface area (Å²) >= 11 is 0. The van der Waals surface area contributed by atoms with Gasteiger partial charge in [-0.2, -0.15) is 13.2 Å². The van der Waals surface area contributed by atoms with Crippen LogP contribution in [0.2, 0.25) is 0 Å². The lowest BCUT2D eigenvalue weighted by Crippen LogP contribution is -2.24. The molecule has 0 aliphatic carbocycles. The molecule has 0 N–H and O–H groups in total. The molecule has 0 radical (unpaired) electrons. The van der Waals surface area contributed by atoms with Crippen molar-refractivity contribution in [2.45, 2.75) is 12.7 Å². The molecule has 100 valence electrons. The molecule has 0 amide bonds. The Hall–Kier alpha value is -2.11. The maximum absolute atomic E-state index is 12.4. The van der Waals surface area contributed by atoms with E-state index in [-0.39, 0.29) is 17.9 Å². The van der Waals surface area contributed by atoms with Crippen LogP contribution in [0.15, 0.2) is 43.0 Å². The smallest absolute Gasteiger partial charge is 0.290 e. The van der Waals surface area contributed by atoms with Crippen LogP contribution in [0.5, 0.6) is 0 Å². The molecule has 0 saturated carbocycles. The zero-order valence-electron chi connectivity index (χ0n) is 10.2. The molecule has 0 spiro atoms. The van der Waals surface area contributed by atoms with E-state index in [0.717, 1.165) is 12.1 Å². The number of aryl methyl sites for hydroxylation is 1. The summed E-state index contributed by atoms with van der Waals surface area (Å²) in [7, 11) is 1.82. The Morgan fingerprint density at radius 3 is 2.37 bits per heavy atom. The van der Waals surface area contributed by atoms with E-state index in [4.69, 9.17) is 0 Å². The number of ketones is 1. The zero-order valence-corrected chi connectivity index (χ0v) is 10.2. The van der Waals surface area contributed by atoms with Crippen LogP contribution in [0.4, 0.5) is 13.2 Å². The van der Waals surface area contributed by atoms with E-state index in [1.165, 1.54) is 12.1 Å². The summed E-state index contributed by atoms with van der Waals surface area (Å²) in [5.74, 6) is -0.232. The van der Waals surface area contributed by atoms with Crippen LogP contribution in [0.1, 0.15) is 15.9 Å². The van der Waals surface area contributed by atoms with Gasteiger partial charge in [-0.25, -0.2) is 9.13 Å². The van der Waals surface area contributed by atoms with Crippen molar-refractivity contribution in [2.24, 2.45) is 7.05 Å². The van der Waals surface area contributed by atoms with Crippen molar-refractivity contribution in [1.82, 2.24) is 4.57 Å². The summed E-state index contributed by atoms with van der Waals surface area (Å²) in [6.45, 7) is 0.103. The molecule has 1 aromatic heterocycles. The number of carbonyl (C=O) groups excluding carboxylic acids is 1. The molecule has 1 aromatic carbocycles. The summed E-state index contributed by atoms with van der Waals surface area (Å²) < 4.78 is 40.6. The van der Waals surface area contributed by atoms with Gasteiger partial charge in [0.05, 0.1) is 12.6 Å².